The zero-order chi connectivity index (χ0) is 18.0. The molecule has 2 heterocycles. The van der Waals surface area contributed by atoms with Crippen molar-refractivity contribution >= 4 is 38.9 Å². The number of hydrogen-bond donors (Lipinski definition) is 1. The molecule has 3 aromatic rings. The Labute approximate surface area is 161 Å². The topological polar surface area (TPSA) is 38.3 Å². The summed E-state index contributed by atoms with van der Waals surface area (Å²) in [5.41, 5.74) is 1.04. The molecule has 0 aliphatic carbocycles. The molecular weight excluding hydrogens is 366 g/mol. The standard InChI is InChI=1S/C21H20ClNO2S/c22-17-6-3-5-16(13-17)21(8-10-25-11-9-21)14-23-20(24)19-12-15-4-1-2-7-18(15)26-19/h1-7,12-13H,8-11,14H2,(H,23,24). The molecule has 0 atom stereocenters. The summed E-state index contributed by atoms with van der Waals surface area (Å²) >= 11 is 7.74. The van der Waals surface area contributed by atoms with E-state index in [9.17, 15) is 4.79 Å². The number of fused-ring (bicyclic) bond motifs is 1. The van der Waals surface area contributed by atoms with E-state index in [1.807, 2.05) is 48.5 Å². The molecule has 26 heavy (non-hydrogen) atoms. The second kappa shape index (κ2) is 7.39. The van der Waals surface area contributed by atoms with Crippen molar-refractivity contribution in [3.8, 4) is 0 Å². The molecule has 1 amide bonds. The normalized spacial score (nSPS) is 16.5. The van der Waals surface area contributed by atoms with Crippen LogP contribution in [0.2, 0.25) is 5.02 Å². The van der Waals surface area contributed by atoms with E-state index in [2.05, 4.69) is 11.4 Å². The number of ether oxygens (including phenoxy) is 1. The van der Waals surface area contributed by atoms with E-state index in [1.165, 1.54) is 16.9 Å². The van der Waals surface area contributed by atoms with Crippen molar-refractivity contribution < 1.29 is 9.53 Å². The molecule has 2 aromatic carbocycles. The third kappa shape index (κ3) is 3.50. The van der Waals surface area contributed by atoms with Gasteiger partial charge in [0.05, 0.1) is 4.88 Å². The van der Waals surface area contributed by atoms with Gasteiger partial charge >= 0.3 is 0 Å². The number of amides is 1. The Morgan fingerprint density at radius 2 is 1.92 bits per heavy atom. The second-order valence-corrected chi connectivity index (χ2v) is 8.25. The average Bonchev–Trinajstić information content (AvgIpc) is 3.11. The third-order valence-corrected chi connectivity index (χ3v) is 6.47. The Hall–Kier alpha value is -1.88. The van der Waals surface area contributed by atoms with Gasteiger partial charge in [0.15, 0.2) is 0 Å². The summed E-state index contributed by atoms with van der Waals surface area (Å²) < 4.78 is 6.70. The molecule has 1 N–H and O–H groups in total. The number of carbonyl (C=O) groups is 1. The number of hydrogen-bond acceptors (Lipinski definition) is 3. The van der Waals surface area contributed by atoms with Gasteiger partial charge in [-0.3, -0.25) is 4.79 Å². The number of carbonyl (C=O) groups excluding carboxylic acids is 1. The first-order valence-corrected chi connectivity index (χ1v) is 9.96. The predicted octanol–water partition coefficient (Wildman–Crippen LogP) is 5.03. The summed E-state index contributed by atoms with van der Waals surface area (Å²) in [6.45, 7) is 1.99. The quantitative estimate of drug-likeness (QED) is 0.683. The fraction of sp³-hybridized carbons (Fsp3) is 0.286. The smallest absolute Gasteiger partial charge is 0.261 e. The van der Waals surface area contributed by atoms with Crippen LogP contribution in [-0.4, -0.2) is 25.7 Å². The maximum absolute atomic E-state index is 12.7. The zero-order valence-corrected chi connectivity index (χ0v) is 15.9. The molecule has 5 heteroatoms. The maximum atomic E-state index is 12.7. The average molecular weight is 386 g/mol. The van der Waals surface area contributed by atoms with Crippen LogP contribution in [0.5, 0.6) is 0 Å². The molecule has 0 spiro atoms. The number of halogens is 1. The van der Waals surface area contributed by atoms with Gasteiger partial charge in [0.2, 0.25) is 0 Å². The Morgan fingerprint density at radius 3 is 2.69 bits per heavy atom. The van der Waals surface area contributed by atoms with E-state index in [-0.39, 0.29) is 11.3 Å². The molecule has 1 aliphatic rings. The SMILES string of the molecule is O=C(NCC1(c2cccc(Cl)c2)CCOCC1)c1cc2ccccc2s1. The monoisotopic (exact) mass is 385 g/mol. The van der Waals surface area contributed by atoms with Crippen LogP contribution in [0.1, 0.15) is 28.1 Å². The molecule has 1 aromatic heterocycles. The van der Waals surface area contributed by atoms with Crippen molar-refractivity contribution in [2.75, 3.05) is 19.8 Å². The molecule has 0 unspecified atom stereocenters. The number of rotatable bonds is 4. The van der Waals surface area contributed by atoms with Crippen molar-refractivity contribution in [3.05, 3.63) is 70.1 Å². The fourth-order valence-electron chi connectivity index (χ4n) is 3.58. The van der Waals surface area contributed by atoms with E-state index >= 15 is 0 Å². The molecule has 4 rings (SSSR count). The van der Waals surface area contributed by atoms with E-state index in [0.717, 1.165) is 32.8 Å². The van der Waals surface area contributed by atoms with Crippen LogP contribution < -0.4 is 5.32 Å². The van der Waals surface area contributed by atoms with E-state index in [1.54, 1.807) is 0 Å². The number of benzene rings is 2. The first kappa shape index (κ1) is 17.5. The van der Waals surface area contributed by atoms with Gasteiger partial charge in [0.1, 0.15) is 0 Å². The molecular formula is C21H20ClNO2S. The van der Waals surface area contributed by atoms with Gasteiger partial charge in [-0.05, 0) is 48.1 Å². The fourth-order valence-corrected chi connectivity index (χ4v) is 4.75. The molecule has 3 nitrogen and oxygen atoms in total. The first-order chi connectivity index (χ1) is 12.7. The Morgan fingerprint density at radius 1 is 1.12 bits per heavy atom. The second-order valence-electron chi connectivity index (χ2n) is 6.73. The Bertz CT molecular complexity index is 897. The minimum Gasteiger partial charge on any atom is -0.381 e. The minimum absolute atomic E-state index is 0.0147. The first-order valence-electron chi connectivity index (χ1n) is 8.77. The summed E-state index contributed by atoms with van der Waals surface area (Å²) in [4.78, 5) is 13.5. The Balaban J connectivity index is 1.55. The van der Waals surface area contributed by atoms with Gasteiger partial charge in [-0.25, -0.2) is 0 Å². The molecule has 0 radical (unpaired) electrons. The Kier molecular flexibility index (Phi) is 4.98. The number of thiophene rings is 1. The summed E-state index contributed by atoms with van der Waals surface area (Å²) in [7, 11) is 0. The van der Waals surface area contributed by atoms with Crippen molar-refractivity contribution in [1.82, 2.24) is 5.32 Å². The molecule has 0 bridgehead atoms. The van der Waals surface area contributed by atoms with Crippen LogP contribution in [0, 0.1) is 0 Å². The van der Waals surface area contributed by atoms with Crippen molar-refractivity contribution in [3.63, 3.8) is 0 Å². The van der Waals surface area contributed by atoms with Gasteiger partial charge < -0.3 is 10.1 Å². The minimum atomic E-state index is -0.129. The van der Waals surface area contributed by atoms with Gasteiger partial charge in [-0.15, -0.1) is 11.3 Å². The highest BCUT2D eigenvalue weighted by atomic mass is 35.5. The molecule has 1 saturated heterocycles. The van der Waals surface area contributed by atoms with Gasteiger partial charge in [0.25, 0.3) is 5.91 Å². The molecule has 0 saturated carbocycles. The molecule has 134 valence electrons. The summed E-state index contributed by atoms with van der Waals surface area (Å²) in [6, 6.07) is 18.0. The van der Waals surface area contributed by atoms with E-state index in [4.69, 9.17) is 16.3 Å². The largest absolute Gasteiger partial charge is 0.381 e. The van der Waals surface area contributed by atoms with E-state index in [0.29, 0.717) is 19.8 Å². The highest BCUT2D eigenvalue weighted by Gasteiger charge is 2.35. The van der Waals surface area contributed by atoms with Gasteiger partial charge in [-0.1, -0.05) is 41.9 Å². The lowest BCUT2D eigenvalue weighted by Crippen LogP contribution is -2.44. The molecule has 1 fully saturated rings. The van der Waals surface area contributed by atoms with Crippen molar-refractivity contribution in [2.45, 2.75) is 18.3 Å². The van der Waals surface area contributed by atoms with Gasteiger partial charge in [-0.2, -0.15) is 0 Å². The maximum Gasteiger partial charge on any atom is 0.261 e. The highest BCUT2D eigenvalue weighted by molar-refractivity contribution is 7.20. The van der Waals surface area contributed by atoms with Crippen LogP contribution in [-0.2, 0) is 10.2 Å². The zero-order valence-electron chi connectivity index (χ0n) is 14.3. The highest BCUT2D eigenvalue weighted by Crippen LogP contribution is 2.35. The van der Waals surface area contributed by atoms with Crippen LogP contribution in [0.25, 0.3) is 10.1 Å². The third-order valence-electron chi connectivity index (χ3n) is 5.12. The lowest BCUT2D eigenvalue weighted by molar-refractivity contribution is 0.0487. The van der Waals surface area contributed by atoms with Crippen molar-refractivity contribution in [1.29, 1.82) is 0 Å². The lowest BCUT2D eigenvalue weighted by Gasteiger charge is -2.38. The lowest BCUT2D eigenvalue weighted by atomic mass is 9.74. The van der Waals surface area contributed by atoms with Crippen LogP contribution in [0.4, 0.5) is 0 Å². The van der Waals surface area contributed by atoms with E-state index < -0.39 is 0 Å². The summed E-state index contributed by atoms with van der Waals surface area (Å²) in [6.07, 6.45) is 1.75. The summed E-state index contributed by atoms with van der Waals surface area (Å²) in [5.74, 6) is -0.0147. The van der Waals surface area contributed by atoms with Gasteiger partial charge in [0, 0.05) is 34.9 Å². The van der Waals surface area contributed by atoms with Crippen molar-refractivity contribution in [2.24, 2.45) is 0 Å². The predicted molar refractivity (Wildman–Crippen MR) is 107 cm³/mol. The van der Waals surface area contributed by atoms with Crippen LogP contribution >= 0.6 is 22.9 Å². The number of nitrogens with one attached hydrogen (secondary N) is 1. The van der Waals surface area contributed by atoms with Crippen LogP contribution in [0.3, 0.4) is 0 Å². The molecule has 1 aliphatic heterocycles. The summed E-state index contributed by atoms with van der Waals surface area (Å²) in [5, 5.41) is 5.00. The van der Waals surface area contributed by atoms with Crippen LogP contribution in [0.15, 0.2) is 54.6 Å².